The summed E-state index contributed by atoms with van der Waals surface area (Å²) in [5.41, 5.74) is 1.10. The highest BCUT2D eigenvalue weighted by molar-refractivity contribution is 7.86. The summed E-state index contributed by atoms with van der Waals surface area (Å²) in [4.78, 5) is -0.378. The first-order chi connectivity index (χ1) is 12.4. The van der Waals surface area contributed by atoms with Crippen LogP contribution in [-0.2, 0) is 16.5 Å². The molecule has 0 aromatic heterocycles. The summed E-state index contributed by atoms with van der Waals surface area (Å²) in [7, 11) is -4.44. The standard InChI is InChI=1S/C20H26O5S/c1-2-3-4-5-6-7-9-16-10-8-11-18(14-16)25-19-15-17(21)12-13-20(19)26(22,23)24/h8,10-15,21H,2-7,9H2,1H3,(H,22,23,24). The van der Waals surface area contributed by atoms with Gasteiger partial charge in [-0.2, -0.15) is 8.42 Å². The third-order valence-corrected chi connectivity index (χ3v) is 5.04. The van der Waals surface area contributed by atoms with E-state index >= 15 is 0 Å². The summed E-state index contributed by atoms with van der Waals surface area (Å²) in [6.07, 6.45) is 8.23. The minimum atomic E-state index is -4.44. The summed E-state index contributed by atoms with van der Waals surface area (Å²) in [5, 5.41) is 9.58. The molecular formula is C20H26O5S. The molecule has 2 N–H and O–H groups in total. The van der Waals surface area contributed by atoms with Crippen LogP contribution in [0.5, 0.6) is 17.2 Å². The second-order valence-corrected chi connectivity index (χ2v) is 7.76. The largest absolute Gasteiger partial charge is 0.508 e. The zero-order valence-corrected chi connectivity index (χ0v) is 15.8. The van der Waals surface area contributed by atoms with E-state index in [1.807, 2.05) is 18.2 Å². The van der Waals surface area contributed by atoms with Crippen LogP contribution in [0.2, 0.25) is 0 Å². The molecule has 0 saturated heterocycles. The lowest BCUT2D eigenvalue weighted by atomic mass is 10.0. The molecule has 2 aromatic carbocycles. The Bertz CT molecular complexity index is 815. The molecule has 142 valence electrons. The Morgan fingerprint density at radius 3 is 2.42 bits per heavy atom. The minimum Gasteiger partial charge on any atom is -0.508 e. The van der Waals surface area contributed by atoms with Crippen LogP contribution in [0.25, 0.3) is 0 Å². The zero-order valence-electron chi connectivity index (χ0n) is 15.0. The fraction of sp³-hybridized carbons (Fsp3) is 0.400. The molecule has 5 nitrogen and oxygen atoms in total. The second-order valence-electron chi connectivity index (χ2n) is 6.37. The van der Waals surface area contributed by atoms with Crippen molar-refractivity contribution >= 4 is 10.1 Å². The van der Waals surface area contributed by atoms with E-state index in [1.54, 1.807) is 6.07 Å². The van der Waals surface area contributed by atoms with Crippen molar-refractivity contribution in [3.8, 4) is 17.2 Å². The van der Waals surface area contributed by atoms with E-state index in [4.69, 9.17) is 4.74 Å². The fourth-order valence-electron chi connectivity index (χ4n) is 2.79. The maximum absolute atomic E-state index is 11.5. The quantitative estimate of drug-likeness (QED) is 0.431. The molecule has 0 bridgehead atoms. The molecule has 0 saturated carbocycles. The Kier molecular flexibility index (Phi) is 7.48. The number of hydrogen-bond acceptors (Lipinski definition) is 4. The van der Waals surface area contributed by atoms with Gasteiger partial charge in [0.05, 0.1) is 0 Å². The second kappa shape index (κ2) is 9.59. The van der Waals surface area contributed by atoms with E-state index in [0.717, 1.165) is 24.5 Å². The lowest BCUT2D eigenvalue weighted by Gasteiger charge is -2.11. The lowest BCUT2D eigenvalue weighted by Crippen LogP contribution is -2.01. The molecule has 0 amide bonds. The van der Waals surface area contributed by atoms with E-state index in [-0.39, 0.29) is 16.4 Å². The van der Waals surface area contributed by atoms with Crippen molar-refractivity contribution in [1.82, 2.24) is 0 Å². The van der Waals surface area contributed by atoms with Gasteiger partial charge in [-0.25, -0.2) is 0 Å². The predicted octanol–water partition coefficient (Wildman–Crippen LogP) is 5.33. The van der Waals surface area contributed by atoms with E-state index in [1.165, 1.54) is 44.2 Å². The minimum absolute atomic E-state index is 0.107. The van der Waals surface area contributed by atoms with Gasteiger partial charge in [0, 0.05) is 6.07 Å². The van der Waals surface area contributed by atoms with Crippen molar-refractivity contribution < 1.29 is 22.8 Å². The Morgan fingerprint density at radius 2 is 1.69 bits per heavy atom. The van der Waals surface area contributed by atoms with E-state index in [0.29, 0.717) is 5.75 Å². The number of aryl methyl sites for hydroxylation is 1. The van der Waals surface area contributed by atoms with Crippen LogP contribution in [0, 0.1) is 0 Å². The molecular weight excluding hydrogens is 352 g/mol. The summed E-state index contributed by atoms with van der Waals surface area (Å²) >= 11 is 0. The van der Waals surface area contributed by atoms with Crippen LogP contribution in [0.4, 0.5) is 0 Å². The highest BCUT2D eigenvalue weighted by Crippen LogP contribution is 2.32. The van der Waals surface area contributed by atoms with Gasteiger partial charge in [-0.3, -0.25) is 4.55 Å². The molecule has 0 heterocycles. The molecule has 2 rings (SSSR count). The van der Waals surface area contributed by atoms with Gasteiger partial charge in [-0.05, 0) is 42.7 Å². The van der Waals surface area contributed by atoms with Gasteiger partial charge in [0.2, 0.25) is 0 Å². The highest BCUT2D eigenvalue weighted by Gasteiger charge is 2.18. The first-order valence-corrected chi connectivity index (χ1v) is 10.4. The average molecular weight is 378 g/mol. The van der Waals surface area contributed by atoms with Crippen molar-refractivity contribution in [2.45, 2.75) is 56.8 Å². The number of aromatic hydroxyl groups is 1. The Balaban J connectivity index is 2.04. The number of phenolic OH excluding ortho intramolecular Hbond substituents is 1. The van der Waals surface area contributed by atoms with Crippen LogP contribution in [0.1, 0.15) is 51.0 Å². The molecule has 2 aromatic rings. The fourth-order valence-corrected chi connectivity index (χ4v) is 3.39. The topological polar surface area (TPSA) is 83.8 Å². The van der Waals surface area contributed by atoms with Crippen LogP contribution < -0.4 is 4.74 Å². The first-order valence-electron chi connectivity index (χ1n) is 8.97. The Hall–Kier alpha value is -2.05. The van der Waals surface area contributed by atoms with Crippen molar-refractivity contribution in [1.29, 1.82) is 0 Å². The monoisotopic (exact) mass is 378 g/mol. The van der Waals surface area contributed by atoms with Crippen molar-refractivity contribution in [3.05, 3.63) is 48.0 Å². The summed E-state index contributed by atoms with van der Waals surface area (Å²) in [6, 6.07) is 10.9. The van der Waals surface area contributed by atoms with Crippen LogP contribution in [-0.4, -0.2) is 18.1 Å². The predicted molar refractivity (Wildman–Crippen MR) is 102 cm³/mol. The molecule has 0 fully saturated rings. The van der Waals surface area contributed by atoms with Gasteiger partial charge in [-0.1, -0.05) is 51.2 Å². The molecule has 0 unspecified atom stereocenters. The molecule has 26 heavy (non-hydrogen) atoms. The third kappa shape index (κ3) is 6.35. The molecule has 0 aliphatic carbocycles. The molecule has 6 heteroatoms. The summed E-state index contributed by atoms with van der Waals surface area (Å²) in [6.45, 7) is 2.20. The molecule has 0 aliphatic heterocycles. The van der Waals surface area contributed by atoms with Crippen LogP contribution in [0.3, 0.4) is 0 Å². The zero-order chi connectivity index (χ0) is 19.0. The molecule has 0 spiro atoms. The third-order valence-electron chi connectivity index (χ3n) is 4.15. The van der Waals surface area contributed by atoms with Gasteiger partial charge in [0.15, 0.2) is 5.75 Å². The Labute approximate surface area is 155 Å². The number of hydrogen-bond donors (Lipinski definition) is 2. The van der Waals surface area contributed by atoms with Gasteiger partial charge < -0.3 is 9.84 Å². The average Bonchev–Trinajstić information content (AvgIpc) is 2.57. The van der Waals surface area contributed by atoms with E-state index < -0.39 is 10.1 Å². The van der Waals surface area contributed by atoms with Gasteiger partial charge in [0.1, 0.15) is 16.4 Å². The normalized spacial score (nSPS) is 11.5. The van der Waals surface area contributed by atoms with Gasteiger partial charge in [0.25, 0.3) is 10.1 Å². The van der Waals surface area contributed by atoms with Crippen molar-refractivity contribution in [2.75, 3.05) is 0 Å². The van der Waals surface area contributed by atoms with E-state index in [9.17, 15) is 18.1 Å². The maximum atomic E-state index is 11.5. The van der Waals surface area contributed by atoms with Crippen molar-refractivity contribution in [2.24, 2.45) is 0 Å². The maximum Gasteiger partial charge on any atom is 0.298 e. The van der Waals surface area contributed by atoms with Crippen LogP contribution in [0.15, 0.2) is 47.4 Å². The summed E-state index contributed by atoms with van der Waals surface area (Å²) in [5.74, 6) is 0.212. The van der Waals surface area contributed by atoms with Gasteiger partial charge in [-0.15, -0.1) is 0 Å². The van der Waals surface area contributed by atoms with Crippen molar-refractivity contribution in [3.63, 3.8) is 0 Å². The first kappa shape index (κ1) is 20.3. The number of ether oxygens (including phenoxy) is 1. The Morgan fingerprint density at radius 1 is 0.962 bits per heavy atom. The van der Waals surface area contributed by atoms with Gasteiger partial charge >= 0.3 is 0 Å². The number of benzene rings is 2. The molecule has 0 radical (unpaired) electrons. The van der Waals surface area contributed by atoms with E-state index in [2.05, 4.69) is 6.92 Å². The molecule has 0 aliphatic rings. The smallest absolute Gasteiger partial charge is 0.298 e. The van der Waals surface area contributed by atoms with Crippen LogP contribution >= 0.6 is 0 Å². The summed E-state index contributed by atoms with van der Waals surface area (Å²) < 4.78 is 37.9. The molecule has 0 atom stereocenters. The SMILES string of the molecule is CCCCCCCCc1cccc(Oc2cc(O)ccc2S(=O)(=O)O)c1. The number of unbranched alkanes of at least 4 members (excludes halogenated alkanes) is 5. The lowest BCUT2D eigenvalue weighted by molar-refractivity contribution is 0.437. The number of phenols is 1. The highest BCUT2D eigenvalue weighted by atomic mass is 32.2. The number of rotatable bonds is 10.